The van der Waals surface area contributed by atoms with Gasteiger partial charge in [-0.25, -0.2) is 4.68 Å². The first-order valence-electron chi connectivity index (χ1n) is 5.81. The fraction of sp³-hybridized carbons (Fsp3) is 0.250. The number of esters is 1. The van der Waals surface area contributed by atoms with Crippen LogP contribution in [-0.4, -0.2) is 37.3 Å². The minimum atomic E-state index is -1.07. The lowest BCUT2D eigenvalue weighted by atomic mass is 10.2. The van der Waals surface area contributed by atoms with E-state index in [0.717, 1.165) is 10.2 Å². The molecule has 2 rings (SSSR count). The second-order valence-electron chi connectivity index (χ2n) is 3.97. The van der Waals surface area contributed by atoms with Gasteiger partial charge in [-0.1, -0.05) is 30.3 Å². The van der Waals surface area contributed by atoms with E-state index < -0.39 is 11.9 Å². The molecule has 1 aromatic heterocycles. The van der Waals surface area contributed by atoms with Gasteiger partial charge in [-0.2, -0.15) is 0 Å². The SMILES string of the molecule is O=C(O)Cc1nnnn1CC(=O)OCc1ccccc1. The lowest BCUT2D eigenvalue weighted by Gasteiger charge is -2.05. The van der Waals surface area contributed by atoms with Crippen LogP contribution in [0.2, 0.25) is 0 Å². The van der Waals surface area contributed by atoms with Gasteiger partial charge in [-0.15, -0.1) is 5.10 Å². The molecule has 0 fully saturated rings. The van der Waals surface area contributed by atoms with Crippen molar-refractivity contribution in [2.45, 2.75) is 19.6 Å². The van der Waals surface area contributed by atoms with E-state index in [0.29, 0.717) is 0 Å². The van der Waals surface area contributed by atoms with Crippen molar-refractivity contribution in [3.05, 3.63) is 41.7 Å². The molecule has 0 spiro atoms. The number of aromatic nitrogens is 4. The fourth-order valence-corrected chi connectivity index (χ4v) is 1.51. The predicted octanol–water partition coefficient (Wildman–Crippen LogP) is 0.0436. The predicted molar refractivity (Wildman–Crippen MR) is 65.4 cm³/mol. The number of ether oxygens (including phenoxy) is 1. The van der Waals surface area contributed by atoms with Gasteiger partial charge in [-0.05, 0) is 16.0 Å². The number of tetrazole rings is 1. The van der Waals surface area contributed by atoms with Crippen LogP contribution in [0.4, 0.5) is 0 Å². The summed E-state index contributed by atoms with van der Waals surface area (Å²) >= 11 is 0. The molecule has 0 saturated heterocycles. The van der Waals surface area contributed by atoms with E-state index in [1.54, 1.807) is 0 Å². The number of rotatable bonds is 6. The van der Waals surface area contributed by atoms with E-state index in [1.807, 2.05) is 30.3 Å². The molecule has 0 bridgehead atoms. The van der Waals surface area contributed by atoms with Crippen LogP contribution in [-0.2, 0) is 33.9 Å². The molecule has 0 atom stereocenters. The number of aliphatic carboxylic acids is 1. The highest BCUT2D eigenvalue weighted by atomic mass is 16.5. The molecule has 0 aliphatic carbocycles. The molecule has 8 heteroatoms. The van der Waals surface area contributed by atoms with Crippen LogP contribution in [0.15, 0.2) is 30.3 Å². The molecule has 0 unspecified atom stereocenters. The van der Waals surface area contributed by atoms with Gasteiger partial charge in [0.05, 0.1) is 0 Å². The highest BCUT2D eigenvalue weighted by molar-refractivity contribution is 5.70. The fourth-order valence-electron chi connectivity index (χ4n) is 1.51. The maximum Gasteiger partial charge on any atom is 0.328 e. The Kier molecular flexibility index (Phi) is 4.38. The van der Waals surface area contributed by atoms with Crippen molar-refractivity contribution in [2.24, 2.45) is 0 Å². The highest BCUT2D eigenvalue weighted by Gasteiger charge is 2.14. The monoisotopic (exact) mass is 276 g/mol. The molecular weight excluding hydrogens is 264 g/mol. The molecule has 8 nitrogen and oxygen atoms in total. The Balaban J connectivity index is 1.88. The number of hydrogen-bond acceptors (Lipinski definition) is 6. The zero-order valence-corrected chi connectivity index (χ0v) is 10.5. The standard InChI is InChI=1S/C12H12N4O4/c17-11(18)6-10-13-14-15-16(10)7-12(19)20-8-9-4-2-1-3-5-9/h1-5H,6-8H2,(H,17,18). The number of carboxylic acid groups (broad SMARTS) is 1. The molecule has 0 aliphatic heterocycles. The molecule has 1 N–H and O–H groups in total. The second-order valence-corrected chi connectivity index (χ2v) is 3.97. The van der Waals surface area contributed by atoms with Crippen molar-refractivity contribution in [2.75, 3.05) is 0 Å². The van der Waals surface area contributed by atoms with Crippen LogP contribution >= 0.6 is 0 Å². The van der Waals surface area contributed by atoms with Crippen molar-refractivity contribution in [1.82, 2.24) is 20.2 Å². The van der Waals surface area contributed by atoms with Crippen LogP contribution in [0.25, 0.3) is 0 Å². The van der Waals surface area contributed by atoms with E-state index in [2.05, 4.69) is 15.5 Å². The van der Waals surface area contributed by atoms with Gasteiger partial charge >= 0.3 is 11.9 Å². The summed E-state index contributed by atoms with van der Waals surface area (Å²) in [5.41, 5.74) is 0.864. The van der Waals surface area contributed by atoms with Gasteiger partial charge < -0.3 is 9.84 Å². The van der Waals surface area contributed by atoms with Gasteiger partial charge in [0.1, 0.15) is 19.6 Å². The molecule has 1 heterocycles. The molecular formula is C12H12N4O4. The topological polar surface area (TPSA) is 107 Å². The molecule has 0 radical (unpaired) electrons. The third-order valence-corrected chi connectivity index (χ3v) is 2.44. The molecule has 0 aliphatic rings. The molecule has 0 saturated carbocycles. The maximum atomic E-state index is 11.6. The quantitative estimate of drug-likeness (QED) is 0.742. The van der Waals surface area contributed by atoms with Crippen LogP contribution in [0.3, 0.4) is 0 Å². The lowest BCUT2D eigenvalue weighted by Crippen LogP contribution is -2.18. The van der Waals surface area contributed by atoms with Crippen molar-refractivity contribution < 1.29 is 19.4 Å². The van der Waals surface area contributed by atoms with Gasteiger partial charge in [0.25, 0.3) is 0 Å². The van der Waals surface area contributed by atoms with E-state index in [9.17, 15) is 9.59 Å². The minimum Gasteiger partial charge on any atom is -0.481 e. The second kappa shape index (κ2) is 6.41. The zero-order valence-electron chi connectivity index (χ0n) is 10.5. The van der Waals surface area contributed by atoms with Crippen LogP contribution in [0, 0.1) is 0 Å². The average Bonchev–Trinajstić information content (AvgIpc) is 2.84. The summed E-state index contributed by atoms with van der Waals surface area (Å²) in [6.07, 6.45) is -0.348. The Labute approximate surface area is 114 Å². The molecule has 104 valence electrons. The average molecular weight is 276 g/mol. The number of carbonyl (C=O) groups excluding carboxylic acids is 1. The summed E-state index contributed by atoms with van der Waals surface area (Å²) in [6, 6.07) is 9.22. The number of carboxylic acids is 1. The third-order valence-electron chi connectivity index (χ3n) is 2.44. The van der Waals surface area contributed by atoms with Crippen LogP contribution in [0.1, 0.15) is 11.4 Å². The number of benzene rings is 1. The molecule has 20 heavy (non-hydrogen) atoms. The largest absolute Gasteiger partial charge is 0.481 e. The molecule has 2 aromatic rings. The number of nitrogens with zero attached hydrogens (tertiary/aromatic N) is 4. The van der Waals surface area contributed by atoms with Crippen molar-refractivity contribution in [3.8, 4) is 0 Å². The summed E-state index contributed by atoms with van der Waals surface area (Å²) in [7, 11) is 0. The minimum absolute atomic E-state index is 0.106. The normalized spacial score (nSPS) is 10.2. The Morgan fingerprint density at radius 3 is 2.70 bits per heavy atom. The Hall–Kier alpha value is -2.77. The lowest BCUT2D eigenvalue weighted by molar-refractivity contribution is -0.146. The van der Waals surface area contributed by atoms with Gasteiger partial charge in [0, 0.05) is 0 Å². The third kappa shape index (κ3) is 3.87. The molecule has 0 amide bonds. The first-order valence-corrected chi connectivity index (χ1v) is 5.81. The van der Waals surface area contributed by atoms with E-state index in [1.165, 1.54) is 0 Å². The van der Waals surface area contributed by atoms with Crippen LogP contribution < -0.4 is 0 Å². The summed E-state index contributed by atoms with van der Waals surface area (Å²) in [5.74, 6) is -1.50. The Morgan fingerprint density at radius 1 is 1.25 bits per heavy atom. The van der Waals surface area contributed by atoms with Gasteiger partial charge in [0.2, 0.25) is 0 Å². The van der Waals surface area contributed by atoms with E-state index in [4.69, 9.17) is 9.84 Å². The van der Waals surface area contributed by atoms with Crippen molar-refractivity contribution in [3.63, 3.8) is 0 Å². The molecule has 1 aromatic carbocycles. The number of carbonyl (C=O) groups is 2. The summed E-state index contributed by atoms with van der Waals surface area (Å²) < 4.78 is 6.17. The van der Waals surface area contributed by atoms with Crippen molar-refractivity contribution >= 4 is 11.9 Å². The van der Waals surface area contributed by atoms with Gasteiger partial charge in [0.15, 0.2) is 5.82 Å². The van der Waals surface area contributed by atoms with Crippen molar-refractivity contribution in [1.29, 1.82) is 0 Å². The zero-order chi connectivity index (χ0) is 14.4. The first-order chi connectivity index (χ1) is 9.65. The maximum absolute atomic E-state index is 11.6. The smallest absolute Gasteiger partial charge is 0.328 e. The first kappa shape index (κ1) is 13.7. The highest BCUT2D eigenvalue weighted by Crippen LogP contribution is 2.02. The summed E-state index contributed by atoms with van der Waals surface area (Å²) in [5, 5.41) is 19.1. The number of hydrogen-bond donors (Lipinski definition) is 1. The van der Waals surface area contributed by atoms with Gasteiger partial charge in [-0.3, -0.25) is 9.59 Å². The summed E-state index contributed by atoms with van der Waals surface area (Å²) in [6.45, 7) is -0.0709. The Bertz CT molecular complexity index is 597. The van der Waals surface area contributed by atoms with E-state index >= 15 is 0 Å². The summed E-state index contributed by atoms with van der Waals surface area (Å²) in [4.78, 5) is 22.2. The Morgan fingerprint density at radius 2 is 2.00 bits per heavy atom. The van der Waals surface area contributed by atoms with Crippen LogP contribution in [0.5, 0.6) is 0 Å². The van der Waals surface area contributed by atoms with E-state index in [-0.39, 0.29) is 25.4 Å².